The van der Waals surface area contributed by atoms with Crippen molar-refractivity contribution in [3.8, 4) is 0 Å². The summed E-state index contributed by atoms with van der Waals surface area (Å²) in [5.74, 6) is -13.8. The van der Waals surface area contributed by atoms with Crippen molar-refractivity contribution >= 4 is 5.97 Å². The zero-order valence-electron chi connectivity index (χ0n) is 10.8. The highest BCUT2D eigenvalue weighted by molar-refractivity contribution is 5.82. The van der Waals surface area contributed by atoms with Crippen LogP contribution in [0.3, 0.4) is 0 Å². The molecular formula is C14H5F6O3-. The molecular weight excluding hydrogens is 330 g/mol. The molecule has 0 heterocycles. The molecule has 0 aliphatic heterocycles. The van der Waals surface area contributed by atoms with Crippen LogP contribution in [0.15, 0.2) is 24.3 Å². The Kier molecular flexibility index (Phi) is 4.08. The standard InChI is InChI=1S/C14H6F6O3/c15-7-1-5(2-8(16)11(7)19)14(23,13(21)22)6-3-9(17)12(20)10(18)4-6/h1-4,23H,(H,21,22)/p-1. The first-order valence-corrected chi connectivity index (χ1v) is 5.83. The lowest BCUT2D eigenvalue weighted by molar-refractivity contribution is -0.322. The van der Waals surface area contributed by atoms with Crippen LogP contribution in [0.1, 0.15) is 11.1 Å². The van der Waals surface area contributed by atoms with Crippen molar-refractivity contribution in [3.05, 3.63) is 70.3 Å². The fourth-order valence-corrected chi connectivity index (χ4v) is 1.93. The predicted molar refractivity (Wildman–Crippen MR) is 60.6 cm³/mol. The third-order valence-electron chi connectivity index (χ3n) is 3.10. The summed E-state index contributed by atoms with van der Waals surface area (Å²) in [6.45, 7) is 0. The third-order valence-corrected chi connectivity index (χ3v) is 3.10. The highest BCUT2D eigenvalue weighted by atomic mass is 19.2. The van der Waals surface area contributed by atoms with Gasteiger partial charge in [0.25, 0.3) is 0 Å². The number of aliphatic hydroxyl groups is 1. The molecule has 0 radical (unpaired) electrons. The fraction of sp³-hybridized carbons (Fsp3) is 0.0714. The minimum Gasteiger partial charge on any atom is -0.546 e. The van der Waals surface area contributed by atoms with E-state index in [9.17, 15) is 41.4 Å². The predicted octanol–water partition coefficient (Wildman–Crippen LogP) is 1.51. The Morgan fingerprint density at radius 3 is 1.26 bits per heavy atom. The lowest BCUT2D eigenvalue weighted by Gasteiger charge is -2.30. The Balaban J connectivity index is 2.77. The Labute approximate surface area is 124 Å². The van der Waals surface area contributed by atoms with E-state index in [1.165, 1.54) is 0 Å². The topological polar surface area (TPSA) is 60.4 Å². The molecule has 23 heavy (non-hydrogen) atoms. The average Bonchev–Trinajstić information content (AvgIpc) is 2.48. The van der Waals surface area contributed by atoms with Crippen molar-refractivity contribution in [3.63, 3.8) is 0 Å². The summed E-state index contributed by atoms with van der Waals surface area (Å²) in [6, 6.07) is 0.418. The van der Waals surface area contributed by atoms with E-state index in [-0.39, 0.29) is 24.3 Å². The summed E-state index contributed by atoms with van der Waals surface area (Å²) in [7, 11) is 0. The maximum atomic E-state index is 13.2. The molecule has 0 spiro atoms. The van der Waals surface area contributed by atoms with Gasteiger partial charge >= 0.3 is 0 Å². The number of carbonyl (C=O) groups excluding carboxylic acids is 1. The number of benzene rings is 2. The molecule has 3 nitrogen and oxygen atoms in total. The molecule has 0 saturated heterocycles. The van der Waals surface area contributed by atoms with E-state index in [1.54, 1.807) is 0 Å². The molecule has 0 saturated carbocycles. The Morgan fingerprint density at radius 1 is 0.783 bits per heavy atom. The second kappa shape index (κ2) is 5.58. The zero-order chi connectivity index (χ0) is 17.5. The van der Waals surface area contributed by atoms with Gasteiger partial charge in [0, 0.05) is 0 Å². The molecule has 0 unspecified atom stereocenters. The second-order valence-electron chi connectivity index (χ2n) is 4.51. The van der Waals surface area contributed by atoms with E-state index in [0.29, 0.717) is 0 Å². The van der Waals surface area contributed by atoms with Crippen LogP contribution in [-0.2, 0) is 10.4 Å². The summed E-state index contributed by atoms with van der Waals surface area (Å²) < 4.78 is 78.7. The molecule has 0 fully saturated rings. The van der Waals surface area contributed by atoms with Gasteiger partial charge in [0.15, 0.2) is 40.5 Å². The summed E-state index contributed by atoms with van der Waals surface area (Å²) in [5.41, 5.74) is -5.68. The van der Waals surface area contributed by atoms with Gasteiger partial charge in [0.2, 0.25) is 0 Å². The number of carbonyl (C=O) groups is 1. The van der Waals surface area contributed by atoms with E-state index in [1.807, 2.05) is 0 Å². The molecule has 1 N–H and O–H groups in total. The van der Waals surface area contributed by atoms with Crippen LogP contribution in [0, 0.1) is 34.9 Å². The molecule has 0 aromatic heterocycles. The summed E-state index contributed by atoms with van der Waals surface area (Å²) in [4.78, 5) is 11.2. The zero-order valence-corrected chi connectivity index (χ0v) is 10.8. The first-order chi connectivity index (χ1) is 10.6. The maximum absolute atomic E-state index is 13.2. The average molecular weight is 335 g/mol. The molecule has 2 aromatic carbocycles. The SMILES string of the molecule is O=C([O-])C(O)(c1cc(F)c(F)c(F)c1)c1cc(F)c(F)c(F)c1. The molecule has 0 amide bonds. The largest absolute Gasteiger partial charge is 0.546 e. The lowest BCUT2D eigenvalue weighted by Crippen LogP contribution is -2.47. The van der Waals surface area contributed by atoms with Crippen LogP contribution >= 0.6 is 0 Å². The van der Waals surface area contributed by atoms with Crippen molar-refractivity contribution in [1.29, 1.82) is 0 Å². The fourth-order valence-electron chi connectivity index (χ4n) is 1.93. The van der Waals surface area contributed by atoms with Gasteiger partial charge in [0.05, 0.1) is 5.97 Å². The van der Waals surface area contributed by atoms with Crippen LogP contribution in [0.25, 0.3) is 0 Å². The van der Waals surface area contributed by atoms with Crippen molar-refractivity contribution < 1.29 is 41.4 Å². The van der Waals surface area contributed by atoms with Crippen LogP contribution in [0.2, 0.25) is 0 Å². The third kappa shape index (κ3) is 2.63. The lowest BCUT2D eigenvalue weighted by atomic mass is 9.86. The molecule has 0 atom stereocenters. The highest BCUT2D eigenvalue weighted by Gasteiger charge is 2.36. The van der Waals surface area contributed by atoms with E-state index in [4.69, 9.17) is 0 Å². The Hall–Kier alpha value is -2.55. The number of aliphatic carboxylic acids is 1. The molecule has 122 valence electrons. The van der Waals surface area contributed by atoms with Gasteiger partial charge in [-0.1, -0.05) is 0 Å². The molecule has 2 aromatic rings. The summed E-state index contributed by atoms with van der Waals surface area (Å²) in [5, 5.41) is 21.3. The maximum Gasteiger partial charge on any atom is 0.194 e. The molecule has 9 heteroatoms. The smallest absolute Gasteiger partial charge is 0.194 e. The van der Waals surface area contributed by atoms with Crippen LogP contribution in [0.5, 0.6) is 0 Å². The monoisotopic (exact) mass is 335 g/mol. The van der Waals surface area contributed by atoms with Crippen molar-refractivity contribution in [1.82, 2.24) is 0 Å². The number of carboxylic acid groups (broad SMARTS) is 1. The van der Waals surface area contributed by atoms with Gasteiger partial charge in [-0.25, -0.2) is 26.3 Å². The van der Waals surface area contributed by atoms with Crippen molar-refractivity contribution in [2.24, 2.45) is 0 Å². The molecule has 0 bridgehead atoms. The number of rotatable bonds is 3. The van der Waals surface area contributed by atoms with Gasteiger partial charge in [-0.2, -0.15) is 0 Å². The quantitative estimate of drug-likeness (QED) is 0.683. The number of carboxylic acids is 1. The van der Waals surface area contributed by atoms with Gasteiger partial charge in [-0.15, -0.1) is 0 Å². The number of hydrogen-bond donors (Lipinski definition) is 1. The van der Waals surface area contributed by atoms with E-state index < -0.39 is 57.6 Å². The molecule has 0 aliphatic carbocycles. The Morgan fingerprint density at radius 2 is 1.04 bits per heavy atom. The van der Waals surface area contributed by atoms with Crippen LogP contribution in [0.4, 0.5) is 26.3 Å². The van der Waals surface area contributed by atoms with Crippen LogP contribution in [-0.4, -0.2) is 11.1 Å². The van der Waals surface area contributed by atoms with Crippen molar-refractivity contribution in [2.75, 3.05) is 0 Å². The first kappa shape index (κ1) is 16.8. The summed E-state index contributed by atoms with van der Waals surface area (Å²) >= 11 is 0. The minimum atomic E-state index is -3.45. The normalized spacial score (nSPS) is 11.6. The van der Waals surface area contributed by atoms with E-state index >= 15 is 0 Å². The first-order valence-electron chi connectivity index (χ1n) is 5.83. The Bertz CT molecular complexity index is 702. The summed E-state index contributed by atoms with van der Waals surface area (Å²) in [6.07, 6.45) is 0. The van der Waals surface area contributed by atoms with Crippen LogP contribution < -0.4 is 5.11 Å². The van der Waals surface area contributed by atoms with Gasteiger partial charge < -0.3 is 15.0 Å². The van der Waals surface area contributed by atoms with E-state index in [2.05, 4.69) is 0 Å². The van der Waals surface area contributed by atoms with Gasteiger partial charge in [-0.3, -0.25) is 0 Å². The minimum absolute atomic E-state index is 0.105. The molecule has 2 rings (SSSR count). The van der Waals surface area contributed by atoms with Gasteiger partial charge in [-0.05, 0) is 35.4 Å². The number of hydrogen-bond acceptors (Lipinski definition) is 3. The van der Waals surface area contributed by atoms with E-state index in [0.717, 1.165) is 0 Å². The van der Waals surface area contributed by atoms with Crippen molar-refractivity contribution in [2.45, 2.75) is 5.60 Å². The number of halogens is 6. The highest BCUT2D eigenvalue weighted by Crippen LogP contribution is 2.32. The van der Waals surface area contributed by atoms with Gasteiger partial charge in [0.1, 0.15) is 0 Å². The second-order valence-corrected chi connectivity index (χ2v) is 4.51. The molecule has 0 aliphatic rings.